The Balaban J connectivity index is 0.000000582. The number of piperidine rings is 1. The zero-order chi connectivity index (χ0) is 24.4. The van der Waals surface area contributed by atoms with E-state index in [1.807, 2.05) is 56.9 Å². The van der Waals surface area contributed by atoms with Crippen LogP contribution in [0.15, 0.2) is 48.5 Å². The smallest absolute Gasteiger partial charge is 0.254 e. The third-order valence-corrected chi connectivity index (χ3v) is 6.60. The number of amides is 1. The van der Waals surface area contributed by atoms with Crippen molar-refractivity contribution in [2.24, 2.45) is 0 Å². The van der Waals surface area contributed by atoms with Gasteiger partial charge in [0.1, 0.15) is 0 Å². The summed E-state index contributed by atoms with van der Waals surface area (Å²) in [5.74, 6) is 0.0871. The topological polar surface area (TPSA) is 29.5 Å². The van der Waals surface area contributed by atoms with Crippen LogP contribution in [0.2, 0.25) is 5.02 Å². The molecule has 2 aromatic rings. The number of unbranched alkanes of at least 4 members (excludes halogenated alkanes) is 1. The highest BCUT2D eigenvalue weighted by Crippen LogP contribution is 2.44. The van der Waals surface area contributed by atoms with Crippen molar-refractivity contribution < 1.29 is 9.53 Å². The molecule has 2 aliphatic rings. The zero-order valence-electron chi connectivity index (χ0n) is 21.2. The van der Waals surface area contributed by atoms with E-state index in [2.05, 4.69) is 38.1 Å². The van der Waals surface area contributed by atoms with Crippen molar-refractivity contribution in [3.8, 4) is 0 Å². The molecule has 0 aliphatic carbocycles. The molecule has 2 heterocycles. The predicted molar refractivity (Wildman–Crippen MR) is 140 cm³/mol. The third-order valence-electron chi connectivity index (χ3n) is 6.37. The molecule has 0 radical (unpaired) electrons. The first-order chi connectivity index (χ1) is 16.0. The number of allylic oxidation sites excluding steroid dienone is 1. The van der Waals surface area contributed by atoms with Crippen LogP contribution in [-0.2, 0) is 21.7 Å². The van der Waals surface area contributed by atoms with Crippen molar-refractivity contribution in [2.45, 2.75) is 79.4 Å². The summed E-state index contributed by atoms with van der Waals surface area (Å²) >= 11 is 6.07. The van der Waals surface area contributed by atoms with Crippen LogP contribution in [0.1, 0.15) is 82.6 Å². The Morgan fingerprint density at radius 3 is 2.30 bits per heavy atom. The summed E-state index contributed by atoms with van der Waals surface area (Å²) in [4.78, 5) is 15.2. The number of hydrogen-bond acceptors (Lipinski definition) is 2. The molecule has 0 atom stereocenters. The van der Waals surface area contributed by atoms with Crippen LogP contribution in [-0.4, -0.2) is 23.9 Å². The largest absolute Gasteiger partial charge is 0.365 e. The molecule has 2 aliphatic heterocycles. The molecule has 1 amide bonds. The highest BCUT2D eigenvalue weighted by atomic mass is 35.5. The molecule has 1 fully saturated rings. The fraction of sp³-hybridized carbons (Fsp3) is 0.483. The van der Waals surface area contributed by atoms with Crippen LogP contribution in [0, 0.1) is 6.92 Å². The fourth-order valence-corrected chi connectivity index (χ4v) is 4.59. The molecule has 0 saturated carbocycles. The van der Waals surface area contributed by atoms with Crippen LogP contribution in [0.3, 0.4) is 0 Å². The average molecular weight is 470 g/mol. The minimum absolute atomic E-state index is 0.0871. The Hall–Kier alpha value is -2.10. The van der Waals surface area contributed by atoms with Crippen molar-refractivity contribution in [1.29, 1.82) is 0 Å². The lowest BCUT2D eigenvalue weighted by molar-refractivity contribution is -0.132. The Kier molecular flexibility index (Phi) is 10.7. The van der Waals surface area contributed by atoms with E-state index in [1.54, 1.807) is 0 Å². The maximum absolute atomic E-state index is 13.2. The first-order valence-corrected chi connectivity index (χ1v) is 12.8. The lowest BCUT2D eigenvalue weighted by atomic mass is 9.83. The van der Waals surface area contributed by atoms with Gasteiger partial charge in [-0.2, -0.15) is 0 Å². The number of aryl methyl sites for hydroxylation is 1. The molecule has 0 aromatic heterocycles. The monoisotopic (exact) mass is 469 g/mol. The number of fused-ring (bicyclic) bond motifs is 2. The first-order valence-electron chi connectivity index (χ1n) is 12.4. The minimum atomic E-state index is -0.223. The van der Waals surface area contributed by atoms with Gasteiger partial charge in [-0.05, 0) is 61.1 Å². The summed E-state index contributed by atoms with van der Waals surface area (Å²) < 4.78 is 6.22. The number of rotatable bonds is 3. The van der Waals surface area contributed by atoms with Gasteiger partial charge in [0.15, 0.2) is 0 Å². The van der Waals surface area contributed by atoms with Crippen molar-refractivity contribution in [1.82, 2.24) is 4.90 Å². The lowest BCUT2D eigenvalue weighted by Crippen LogP contribution is -2.45. The van der Waals surface area contributed by atoms with Crippen molar-refractivity contribution >= 4 is 23.1 Å². The Morgan fingerprint density at radius 1 is 1.09 bits per heavy atom. The molecule has 3 nitrogen and oxygen atoms in total. The van der Waals surface area contributed by atoms with Gasteiger partial charge in [-0.3, -0.25) is 4.79 Å². The standard InChI is InChI=1S/C23H24ClNO2.C4H10.C2H6/c1-3-19(20-9-8-18(24)14-16(20)2)22(26)25-12-10-23(11-13-25)21-7-5-4-6-17(21)15-27-23;1-3-4-2;1-2/h3-9,14H,10-13,15H2,1-2H3;3-4H2,1-2H3;1-2H3/b19-3+;;. The van der Waals surface area contributed by atoms with Gasteiger partial charge >= 0.3 is 0 Å². The summed E-state index contributed by atoms with van der Waals surface area (Å²) in [6.45, 7) is 14.4. The Labute approximate surface area is 205 Å². The van der Waals surface area contributed by atoms with E-state index in [0.717, 1.165) is 29.5 Å². The van der Waals surface area contributed by atoms with Crippen molar-refractivity contribution in [3.63, 3.8) is 0 Å². The molecule has 2 aromatic carbocycles. The van der Waals surface area contributed by atoms with Gasteiger partial charge in [0.05, 0.1) is 12.2 Å². The molecular weight excluding hydrogens is 430 g/mol. The Bertz CT molecular complexity index is 940. The van der Waals surface area contributed by atoms with Gasteiger partial charge < -0.3 is 9.64 Å². The SMILES string of the molecule is C/C=C(/C(=O)N1CCC2(CC1)OCc1ccccc12)c1ccc(Cl)cc1C.CC.CCCC. The summed E-state index contributed by atoms with van der Waals surface area (Å²) in [6, 6.07) is 14.1. The van der Waals surface area contributed by atoms with E-state index in [9.17, 15) is 4.79 Å². The zero-order valence-corrected chi connectivity index (χ0v) is 22.0. The summed E-state index contributed by atoms with van der Waals surface area (Å²) in [7, 11) is 0. The molecule has 1 spiro atoms. The Morgan fingerprint density at radius 2 is 1.73 bits per heavy atom. The highest BCUT2D eigenvalue weighted by molar-refractivity contribution is 6.30. The number of carbonyl (C=O) groups is 1. The van der Waals surface area contributed by atoms with Crippen LogP contribution >= 0.6 is 11.6 Å². The van der Waals surface area contributed by atoms with Gasteiger partial charge in [-0.1, -0.05) is 88.5 Å². The molecular formula is C29H40ClNO2. The maximum Gasteiger partial charge on any atom is 0.254 e. The van der Waals surface area contributed by atoms with Crippen LogP contribution in [0.5, 0.6) is 0 Å². The number of halogens is 1. The van der Waals surface area contributed by atoms with Crippen LogP contribution in [0.25, 0.3) is 5.57 Å². The average Bonchev–Trinajstić information content (AvgIpc) is 3.20. The molecule has 180 valence electrons. The molecule has 0 bridgehead atoms. The molecule has 4 rings (SSSR count). The fourth-order valence-electron chi connectivity index (χ4n) is 4.36. The molecule has 33 heavy (non-hydrogen) atoms. The lowest BCUT2D eigenvalue weighted by Gasteiger charge is -2.39. The molecule has 0 N–H and O–H groups in total. The van der Waals surface area contributed by atoms with Gasteiger partial charge in [0, 0.05) is 23.7 Å². The maximum atomic E-state index is 13.2. The van der Waals surface area contributed by atoms with Gasteiger partial charge in [0.25, 0.3) is 5.91 Å². The summed E-state index contributed by atoms with van der Waals surface area (Å²) in [6.07, 6.45) is 6.23. The van der Waals surface area contributed by atoms with E-state index in [4.69, 9.17) is 16.3 Å². The number of nitrogens with zero attached hydrogens (tertiary/aromatic N) is 1. The number of likely N-dealkylation sites (tertiary alicyclic amines) is 1. The van der Waals surface area contributed by atoms with E-state index in [0.29, 0.717) is 24.7 Å². The van der Waals surface area contributed by atoms with Crippen LogP contribution < -0.4 is 0 Å². The first kappa shape index (κ1) is 27.1. The number of benzene rings is 2. The quantitative estimate of drug-likeness (QED) is 0.427. The highest BCUT2D eigenvalue weighted by Gasteiger charge is 2.43. The second-order valence-corrected chi connectivity index (χ2v) is 8.83. The van der Waals surface area contributed by atoms with Crippen molar-refractivity contribution in [2.75, 3.05) is 13.1 Å². The second kappa shape index (κ2) is 13.0. The molecule has 0 unspecified atom stereocenters. The predicted octanol–water partition coefficient (Wildman–Crippen LogP) is 7.93. The van der Waals surface area contributed by atoms with Crippen molar-refractivity contribution in [3.05, 3.63) is 75.8 Å². The summed E-state index contributed by atoms with van der Waals surface area (Å²) in [5.41, 5.74) is 5.08. The normalized spacial score (nSPS) is 16.3. The van der Waals surface area contributed by atoms with Gasteiger partial charge in [0.2, 0.25) is 0 Å². The summed E-state index contributed by atoms with van der Waals surface area (Å²) in [5, 5.41) is 0.691. The third kappa shape index (κ3) is 6.28. The minimum Gasteiger partial charge on any atom is -0.365 e. The van der Waals surface area contributed by atoms with E-state index in [1.165, 1.54) is 24.0 Å². The van der Waals surface area contributed by atoms with E-state index < -0.39 is 0 Å². The number of hydrogen-bond donors (Lipinski definition) is 0. The molecule has 4 heteroatoms. The van der Waals surface area contributed by atoms with Gasteiger partial charge in [-0.25, -0.2) is 0 Å². The number of ether oxygens (including phenoxy) is 1. The van der Waals surface area contributed by atoms with Gasteiger partial charge in [-0.15, -0.1) is 0 Å². The van der Waals surface area contributed by atoms with E-state index >= 15 is 0 Å². The van der Waals surface area contributed by atoms with E-state index in [-0.39, 0.29) is 11.5 Å². The second-order valence-electron chi connectivity index (χ2n) is 8.39. The molecule has 1 saturated heterocycles. The van der Waals surface area contributed by atoms with Crippen LogP contribution in [0.4, 0.5) is 0 Å². The number of carbonyl (C=O) groups excluding carboxylic acids is 1.